The highest BCUT2D eigenvalue weighted by atomic mass is 15.4. The first-order chi connectivity index (χ1) is 5.24. The molecule has 0 radical (unpaired) electrons. The summed E-state index contributed by atoms with van der Waals surface area (Å²) in [5.74, 6) is 5.22. The van der Waals surface area contributed by atoms with Gasteiger partial charge in [-0.05, 0) is 20.5 Å². The average molecular weight is 158 g/mol. The van der Waals surface area contributed by atoms with E-state index in [2.05, 4.69) is 29.3 Å². The molecule has 1 unspecified atom stereocenters. The highest BCUT2D eigenvalue weighted by Gasteiger charge is 2.22. The van der Waals surface area contributed by atoms with Crippen LogP contribution in [0.15, 0.2) is 0 Å². The van der Waals surface area contributed by atoms with Crippen molar-refractivity contribution in [1.29, 1.82) is 0 Å². The molecule has 0 aliphatic carbocycles. The highest BCUT2D eigenvalue weighted by molar-refractivity contribution is 4.79. The van der Waals surface area contributed by atoms with Gasteiger partial charge in [-0.3, -0.25) is 10.7 Å². The van der Waals surface area contributed by atoms with Crippen LogP contribution in [-0.4, -0.2) is 49.7 Å². The lowest BCUT2D eigenvalue weighted by molar-refractivity contribution is 0.258. The van der Waals surface area contributed by atoms with E-state index in [-0.39, 0.29) is 0 Å². The Morgan fingerprint density at radius 1 is 1.64 bits per heavy atom. The molecule has 1 atom stereocenters. The smallest absolute Gasteiger partial charge is 0.0613 e. The number of nitrogens with two attached hydrogens (primary N) is 1. The van der Waals surface area contributed by atoms with Crippen molar-refractivity contribution in [1.82, 2.24) is 15.2 Å². The molecule has 4 heteroatoms. The van der Waals surface area contributed by atoms with Crippen molar-refractivity contribution in [2.24, 2.45) is 5.84 Å². The second-order valence-electron chi connectivity index (χ2n) is 3.35. The van der Waals surface area contributed by atoms with Crippen molar-refractivity contribution in [3.05, 3.63) is 0 Å². The summed E-state index contributed by atoms with van der Waals surface area (Å²) in [5, 5.41) is 0. The molecule has 0 bridgehead atoms. The summed E-state index contributed by atoms with van der Waals surface area (Å²) in [7, 11) is 4.26. The van der Waals surface area contributed by atoms with E-state index in [9.17, 15) is 0 Å². The Morgan fingerprint density at radius 3 is 2.82 bits per heavy atom. The van der Waals surface area contributed by atoms with Crippen LogP contribution in [0.5, 0.6) is 0 Å². The zero-order valence-electron chi connectivity index (χ0n) is 7.38. The molecule has 1 heterocycles. The molecule has 66 valence electrons. The number of hydrazine groups is 1. The quantitative estimate of drug-likeness (QED) is 0.410. The predicted molar refractivity (Wildman–Crippen MR) is 45.9 cm³/mol. The van der Waals surface area contributed by atoms with Gasteiger partial charge in [0.25, 0.3) is 0 Å². The van der Waals surface area contributed by atoms with Crippen molar-refractivity contribution in [2.45, 2.75) is 12.5 Å². The molecule has 1 rings (SSSR count). The van der Waals surface area contributed by atoms with Crippen molar-refractivity contribution in [3.8, 4) is 0 Å². The molecule has 11 heavy (non-hydrogen) atoms. The molecule has 1 saturated heterocycles. The van der Waals surface area contributed by atoms with Gasteiger partial charge in [0.05, 0.1) is 6.67 Å². The van der Waals surface area contributed by atoms with Crippen LogP contribution >= 0.6 is 0 Å². The summed E-state index contributed by atoms with van der Waals surface area (Å²) < 4.78 is 0. The minimum absolute atomic E-state index is 0.711. The Bertz CT molecular complexity index is 115. The van der Waals surface area contributed by atoms with Crippen LogP contribution < -0.4 is 11.3 Å². The molecule has 0 amide bonds. The molecule has 0 spiro atoms. The highest BCUT2D eigenvalue weighted by Crippen LogP contribution is 2.11. The van der Waals surface area contributed by atoms with Gasteiger partial charge in [-0.25, -0.2) is 5.43 Å². The first kappa shape index (κ1) is 8.93. The summed E-state index contributed by atoms with van der Waals surface area (Å²) in [5.41, 5.74) is 2.68. The van der Waals surface area contributed by atoms with Crippen molar-refractivity contribution in [2.75, 3.05) is 33.9 Å². The molecular formula is C7H18N4. The van der Waals surface area contributed by atoms with E-state index in [1.807, 2.05) is 0 Å². The summed E-state index contributed by atoms with van der Waals surface area (Å²) in [6.07, 6.45) is 1.26. The van der Waals surface area contributed by atoms with E-state index in [4.69, 9.17) is 5.84 Å². The fourth-order valence-corrected chi connectivity index (χ4v) is 1.51. The third-order valence-electron chi connectivity index (χ3n) is 2.29. The third-order valence-corrected chi connectivity index (χ3v) is 2.29. The standard InChI is InChI=1S/C7H18N4/c1-10(2)7-3-4-11(5-7)6-9-8/h7,9H,3-6,8H2,1-2H3. The average Bonchev–Trinajstić information content (AvgIpc) is 2.37. The number of likely N-dealkylation sites (N-methyl/N-ethyl adjacent to an activating group) is 1. The zero-order chi connectivity index (χ0) is 8.27. The predicted octanol–water partition coefficient (Wildman–Crippen LogP) is -0.957. The van der Waals surface area contributed by atoms with Gasteiger partial charge in [-0.2, -0.15) is 0 Å². The van der Waals surface area contributed by atoms with Gasteiger partial charge in [-0.1, -0.05) is 0 Å². The van der Waals surface area contributed by atoms with Crippen LogP contribution in [0.4, 0.5) is 0 Å². The number of hydrogen-bond acceptors (Lipinski definition) is 4. The van der Waals surface area contributed by atoms with Crippen LogP contribution in [0.25, 0.3) is 0 Å². The lowest BCUT2D eigenvalue weighted by Gasteiger charge is -2.19. The summed E-state index contributed by atoms with van der Waals surface area (Å²) in [4.78, 5) is 4.60. The SMILES string of the molecule is CN(C)C1CCN(CNN)C1. The van der Waals surface area contributed by atoms with Gasteiger partial charge in [0.1, 0.15) is 0 Å². The molecule has 0 aromatic heterocycles. The van der Waals surface area contributed by atoms with Crippen LogP contribution in [0, 0.1) is 0 Å². The van der Waals surface area contributed by atoms with Crippen LogP contribution in [0.1, 0.15) is 6.42 Å². The summed E-state index contributed by atoms with van der Waals surface area (Å²) in [6, 6.07) is 0.711. The fraction of sp³-hybridized carbons (Fsp3) is 1.00. The van der Waals surface area contributed by atoms with Crippen LogP contribution in [0.2, 0.25) is 0 Å². The molecule has 3 N–H and O–H groups in total. The molecule has 1 aliphatic heterocycles. The lowest BCUT2D eigenvalue weighted by Crippen LogP contribution is -2.38. The van der Waals surface area contributed by atoms with Gasteiger partial charge < -0.3 is 4.90 Å². The van der Waals surface area contributed by atoms with Gasteiger partial charge in [0.15, 0.2) is 0 Å². The Hall–Kier alpha value is -0.160. The molecular weight excluding hydrogens is 140 g/mol. The van der Waals surface area contributed by atoms with E-state index >= 15 is 0 Å². The summed E-state index contributed by atoms with van der Waals surface area (Å²) in [6.45, 7) is 3.11. The van der Waals surface area contributed by atoms with Crippen molar-refractivity contribution >= 4 is 0 Å². The van der Waals surface area contributed by atoms with Crippen molar-refractivity contribution in [3.63, 3.8) is 0 Å². The van der Waals surface area contributed by atoms with E-state index in [1.165, 1.54) is 6.42 Å². The minimum Gasteiger partial charge on any atom is -0.305 e. The normalized spacial score (nSPS) is 26.7. The number of likely N-dealkylation sites (tertiary alicyclic amines) is 1. The largest absolute Gasteiger partial charge is 0.305 e. The van der Waals surface area contributed by atoms with E-state index in [0.29, 0.717) is 6.04 Å². The Balaban J connectivity index is 2.23. The molecule has 0 aromatic carbocycles. The van der Waals surface area contributed by atoms with Crippen molar-refractivity contribution < 1.29 is 0 Å². The minimum atomic E-state index is 0.711. The molecule has 0 aromatic rings. The van der Waals surface area contributed by atoms with E-state index in [1.54, 1.807) is 0 Å². The first-order valence-electron chi connectivity index (χ1n) is 4.06. The molecule has 1 aliphatic rings. The maximum atomic E-state index is 5.22. The number of rotatable bonds is 3. The van der Waals surface area contributed by atoms with E-state index < -0.39 is 0 Å². The summed E-state index contributed by atoms with van der Waals surface area (Å²) >= 11 is 0. The van der Waals surface area contributed by atoms with Crippen LogP contribution in [0.3, 0.4) is 0 Å². The number of nitrogens with zero attached hydrogens (tertiary/aromatic N) is 2. The molecule has 1 fully saturated rings. The lowest BCUT2D eigenvalue weighted by atomic mass is 10.2. The third kappa shape index (κ3) is 2.41. The number of hydrogen-bond donors (Lipinski definition) is 2. The Kier molecular flexibility index (Phi) is 3.26. The first-order valence-corrected chi connectivity index (χ1v) is 4.06. The second kappa shape index (κ2) is 4.01. The van der Waals surface area contributed by atoms with Gasteiger partial charge in [0, 0.05) is 19.1 Å². The Morgan fingerprint density at radius 2 is 2.36 bits per heavy atom. The molecule has 0 saturated carbocycles. The second-order valence-corrected chi connectivity index (χ2v) is 3.35. The maximum Gasteiger partial charge on any atom is 0.0613 e. The monoisotopic (exact) mass is 158 g/mol. The Labute approximate surface area is 68.3 Å². The maximum absolute atomic E-state index is 5.22. The van der Waals surface area contributed by atoms with Gasteiger partial charge in [-0.15, -0.1) is 0 Å². The topological polar surface area (TPSA) is 44.5 Å². The van der Waals surface area contributed by atoms with Crippen LogP contribution in [-0.2, 0) is 0 Å². The fourth-order valence-electron chi connectivity index (χ4n) is 1.51. The van der Waals surface area contributed by atoms with E-state index in [0.717, 1.165) is 19.8 Å². The zero-order valence-corrected chi connectivity index (χ0v) is 7.38. The molecule has 4 nitrogen and oxygen atoms in total. The van der Waals surface area contributed by atoms with Gasteiger partial charge in [0.2, 0.25) is 0 Å². The number of nitrogens with one attached hydrogen (secondary N) is 1. The van der Waals surface area contributed by atoms with Gasteiger partial charge >= 0.3 is 0 Å².